The second kappa shape index (κ2) is 8.25. The maximum Gasteiger partial charge on any atom is 0.252 e. The van der Waals surface area contributed by atoms with Crippen LogP contribution >= 0.6 is 0 Å². The SMILES string of the molecule is [C-]#[N+]C1=C[C@]2(C)C3=CC(=O)[C@@H]4[C@@H]5CC(C)(C)CC[C@]5(c5noc(CO)n5)CC[C@@]4(C)[C@]3(C)CC[C@H]2C(C)(C)C1=O. The zero-order valence-electron chi connectivity index (χ0n) is 25.1. The molecule has 3 fully saturated rings. The number of ketones is 2. The highest BCUT2D eigenvalue weighted by Crippen LogP contribution is 2.74. The molecule has 0 spiro atoms. The van der Waals surface area contributed by atoms with Gasteiger partial charge in [0.25, 0.3) is 5.89 Å². The van der Waals surface area contributed by atoms with Crippen LogP contribution in [-0.4, -0.2) is 26.8 Å². The van der Waals surface area contributed by atoms with E-state index in [1.807, 2.05) is 26.0 Å². The smallest absolute Gasteiger partial charge is 0.252 e. The van der Waals surface area contributed by atoms with E-state index < -0.39 is 10.8 Å². The van der Waals surface area contributed by atoms with Gasteiger partial charge in [-0.05, 0) is 79.1 Å². The lowest BCUT2D eigenvalue weighted by Crippen LogP contribution is -2.65. The molecule has 1 aromatic rings. The average Bonchev–Trinajstić information content (AvgIpc) is 3.37. The Morgan fingerprint density at radius 3 is 2.40 bits per heavy atom. The first-order valence-corrected chi connectivity index (χ1v) is 15.0. The van der Waals surface area contributed by atoms with Crippen LogP contribution in [0.15, 0.2) is 27.9 Å². The molecule has 0 aromatic carbocycles. The van der Waals surface area contributed by atoms with Gasteiger partial charge in [-0.15, -0.1) is 0 Å². The van der Waals surface area contributed by atoms with Crippen molar-refractivity contribution in [2.24, 2.45) is 44.8 Å². The molecular weight excluding hydrogens is 502 g/mol. The van der Waals surface area contributed by atoms with Gasteiger partial charge in [0.05, 0.1) is 6.57 Å². The molecule has 0 radical (unpaired) electrons. The molecule has 1 heterocycles. The van der Waals surface area contributed by atoms with Crippen LogP contribution in [-0.2, 0) is 21.6 Å². The molecule has 0 bridgehead atoms. The molecule has 5 aliphatic rings. The number of rotatable bonds is 2. The predicted octanol–water partition coefficient (Wildman–Crippen LogP) is 6.39. The Balaban J connectivity index is 1.53. The van der Waals surface area contributed by atoms with Crippen LogP contribution in [0, 0.1) is 51.4 Å². The summed E-state index contributed by atoms with van der Waals surface area (Å²) in [5.41, 5.74) is -0.670. The highest BCUT2D eigenvalue weighted by molar-refractivity contribution is 6.03. The van der Waals surface area contributed by atoms with E-state index in [2.05, 4.69) is 49.6 Å². The Morgan fingerprint density at radius 2 is 1.75 bits per heavy atom. The van der Waals surface area contributed by atoms with E-state index >= 15 is 0 Å². The topological polar surface area (TPSA) is 97.7 Å². The van der Waals surface area contributed by atoms with E-state index in [0.29, 0.717) is 5.82 Å². The van der Waals surface area contributed by atoms with Crippen LogP contribution in [0.5, 0.6) is 0 Å². The Bertz CT molecular complexity index is 1410. The quantitative estimate of drug-likeness (QED) is 0.433. The number of nitrogens with zero attached hydrogens (tertiary/aromatic N) is 3. The summed E-state index contributed by atoms with van der Waals surface area (Å²) in [6, 6.07) is 0. The number of Topliss-reactive ketones (excluding diaryl/α,β-unsaturated/α-hetero) is 1. The summed E-state index contributed by atoms with van der Waals surface area (Å²) in [7, 11) is 0. The molecule has 5 aliphatic carbocycles. The van der Waals surface area contributed by atoms with Gasteiger partial charge in [-0.25, -0.2) is 4.85 Å². The molecule has 0 aliphatic heterocycles. The first-order valence-electron chi connectivity index (χ1n) is 15.0. The van der Waals surface area contributed by atoms with Crippen molar-refractivity contribution in [1.82, 2.24) is 10.1 Å². The molecule has 1 N–H and O–H groups in total. The third-order valence-electron chi connectivity index (χ3n) is 12.9. The lowest BCUT2D eigenvalue weighted by atomic mass is 9.34. The third kappa shape index (κ3) is 3.26. The monoisotopic (exact) mass is 545 g/mol. The minimum atomic E-state index is -0.662. The number of hydrogen-bond donors (Lipinski definition) is 1. The van der Waals surface area contributed by atoms with E-state index in [9.17, 15) is 14.7 Å². The predicted molar refractivity (Wildman–Crippen MR) is 149 cm³/mol. The molecule has 7 heteroatoms. The van der Waals surface area contributed by atoms with Crippen molar-refractivity contribution >= 4 is 11.6 Å². The minimum Gasteiger partial charge on any atom is -0.387 e. The standard InChI is InChI=1S/C33H43N3O4/c1-28(2)11-13-33(27-35-24(18-37)40-36-27)14-12-32(7)25(19(33)16-28)21(38)15-23-30(5)17-20(34-8)26(39)29(3,4)22(30)9-10-31(23,32)6/h15,17,19,22,25,37H,9-14,16,18H2,1-7H3/t19-,22-,25-,30-,31+,32+,33-/m0/s1. The number of hydrogen-bond acceptors (Lipinski definition) is 6. The van der Waals surface area contributed by atoms with Crippen LogP contribution in [0.2, 0.25) is 0 Å². The molecule has 7 atom stereocenters. The maximum absolute atomic E-state index is 14.6. The summed E-state index contributed by atoms with van der Waals surface area (Å²) in [4.78, 5) is 36.2. The van der Waals surface area contributed by atoms with Gasteiger partial charge in [-0.2, -0.15) is 4.98 Å². The Hall–Kier alpha value is -2.59. The van der Waals surface area contributed by atoms with Crippen molar-refractivity contribution in [2.45, 2.75) is 105 Å². The van der Waals surface area contributed by atoms with Gasteiger partial charge >= 0.3 is 0 Å². The number of aliphatic hydroxyl groups is 1. The summed E-state index contributed by atoms with van der Waals surface area (Å²) in [5, 5.41) is 14.0. The summed E-state index contributed by atoms with van der Waals surface area (Å²) in [5.74, 6) is 0.890. The van der Waals surface area contributed by atoms with Crippen molar-refractivity contribution in [3.05, 3.63) is 46.6 Å². The van der Waals surface area contributed by atoms with E-state index in [-0.39, 0.29) is 69.2 Å². The summed E-state index contributed by atoms with van der Waals surface area (Å²) >= 11 is 0. The van der Waals surface area contributed by atoms with Gasteiger partial charge in [-0.3, -0.25) is 4.79 Å². The second-order valence-electron chi connectivity index (χ2n) is 15.6. The van der Waals surface area contributed by atoms with Crippen molar-refractivity contribution < 1.29 is 19.2 Å². The molecule has 0 saturated heterocycles. The lowest BCUT2D eigenvalue weighted by Gasteiger charge is -2.69. The van der Waals surface area contributed by atoms with E-state index in [4.69, 9.17) is 11.1 Å². The summed E-state index contributed by atoms with van der Waals surface area (Å²) in [6.45, 7) is 22.9. The zero-order chi connectivity index (χ0) is 29.1. The normalized spacial score (nSPS) is 43.3. The van der Waals surface area contributed by atoms with Crippen LogP contribution < -0.4 is 0 Å². The van der Waals surface area contributed by atoms with Crippen LogP contribution in [0.1, 0.15) is 105 Å². The maximum atomic E-state index is 14.6. The fraction of sp³-hybridized carbons (Fsp3) is 0.727. The van der Waals surface area contributed by atoms with Gasteiger partial charge in [0.1, 0.15) is 6.61 Å². The Morgan fingerprint density at radius 1 is 1.05 bits per heavy atom. The second-order valence-corrected chi connectivity index (χ2v) is 15.6. The molecule has 0 amide bonds. The Kier molecular flexibility index (Phi) is 5.68. The van der Waals surface area contributed by atoms with Gasteiger partial charge < -0.3 is 14.4 Å². The highest BCUT2D eigenvalue weighted by Gasteiger charge is 2.70. The lowest BCUT2D eigenvalue weighted by molar-refractivity contribution is -0.160. The van der Waals surface area contributed by atoms with Crippen molar-refractivity contribution in [2.75, 3.05) is 0 Å². The van der Waals surface area contributed by atoms with E-state index in [1.165, 1.54) is 0 Å². The first-order chi connectivity index (χ1) is 18.6. The van der Waals surface area contributed by atoms with Gasteiger partial charge in [0.15, 0.2) is 17.4 Å². The number of carbonyl (C=O) groups is 2. The van der Waals surface area contributed by atoms with E-state index in [1.54, 1.807) is 0 Å². The molecule has 1 aromatic heterocycles. The van der Waals surface area contributed by atoms with Crippen molar-refractivity contribution in [3.8, 4) is 0 Å². The summed E-state index contributed by atoms with van der Waals surface area (Å²) in [6.07, 6.45) is 10.2. The number of aromatic nitrogens is 2. The fourth-order valence-electron chi connectivity index (χ4n) is 10.5. The third-order valence-corrected chi connectivity index (χ3v) is 12.9. The average molecular weight is 546 g/mol. The zero-order valence-corrected chi connectivity index (χ0v) is 25.1. The molecule has 0 unspecified atom stereocenters. The molecule has 40 heavy (non-hydrogen) atoms. The van der Waals surface area contributed by atoms with Crippen molar-refractivity contribution in [1.29, 1.82) is 0 Å². The van der Waals surface area contributed by atoms with Crippen LogP contribution in [0.3, 0.4) is 0 Å². The van der Waals surface area contributed by atoms with Gasteiger partial charge in [-0.1, -0.05) is 65.3 Å². The number of allylic oxidation sites excluding steroid dienone is 4. The fourth-order valence-corrected chi connectivity index (χ4v) is 10.5. The minimum absolute atomic E-state index is 0.0396. The van der Waals surface area contributed by atoms with Crippen molar-refractivity contribution in [3.63, 3.8) is 0 Å². The number of carbonyl (C=O) groups excluding carboxylic acids is 2. The highest BCUT2D eigenvalue weighted by atomic mass is 16.5. The Labute approximate surface area is 237 Å². The number of aliphatic hydroxyl groups excluding tert-OH is 1. The van der Waals surface area contributed by atoms with Gasteiger partial charge in [0, 0.05) is 22.2 Å². The molecular formula is C33H43N3O4. The molecule has 6 rings (SSSR count). The molecule has 3 saturated carbocycles. The molecule has 7 nitrogen and oxygen atoms in total. The summed E-state index contributed by atoms with van der Waals surface area (Å²) < 4.78 is 5.41. The number of fused-ring (bicyclic) bond motifs is 7. The van der Waals surface area contributed by atoms with Crippen LogP contribution in [0.4, 0.5) is 0 Å². The molecule has 214 valence electrons. The largest absolute Gasteiger partial charge is 0.387 e. The first kappa shape index (κ1) is 27.6. The van der Waals surface area contributed by atoms with Gasteiger partial charge in [0.2, 0.25) is 5.70 Å². The van der Waals surface area contributed by atoms with E-state index in [0.717, 1.165) is 50.5 Å². The van der Waals surface area contributed by atoms with Crippen LogP contribution in [0.25, 0.3) is 4.85 Å².